The predicted molar refractivity (Wildman–Crippen MR) is 24.7 cm³/mol. The van der Waals surface area contributed by atoms with Crippen LogP contribution in [0.3, 0.4) is 0 Å². The molecular formula is C4H5F3O2. The number of halogens is 3. The zero-order chi connectivity index (χ0) is 7.86. The van der Waals surface area contributed by atoms with Gasteiger partial charge in [-0.25, -0.2) is 4.39 Å². The summed E-state index contributed by atoms with van der Waals surface area (Å²) in [6.07, 6.45) is -3.04. The van der Waals surface area contributed by atoms with Crippen molar-refractivity contribution in [2.24, 2.45) is 0 Å². The molecule has 2 nitrogen and oxygen atoms in total. The maximum absolute atomic E-state index is 10.2. The first kappa shape index (κ1) is 10.9. The first-order valence-electron chi connectivity index (χ1n) is 1.81. The Balaban J connectivity index is 0. The van der Waals surface area contributed by atoms with E-state index < -0.39 is 18.4 Å². The molecule has 9 heavy (non-hydrogen) atoms. The summed E-state index contributed by atoms with van der Waals surface area (Å²) in [6, 6.07) is 0. The van der Waals surface area contributed by atoms with Gasteiger partial charge in [0.15, 0.2) is 6.33 Å². The number of aliphatic carboxylic acids is 1. The molecule has 0 rings (SSSR count). The molecule has 0 spiro atoms. The van der Waals surface area contributed by atoms with Crippen LogP contribution in [0, 0.1) is 0 Å². The lowest BCUT2D eigenvalue weighted by molar-refractivity contribution is -0.134. The lowest BCUT2D eigenvalue weighted by Gasteiger charge is -1.59. The molecular weight excluding hydrogens is 137 g/mol. The number of hydrogen-bond donors (Lipinski definition) is 1. The van der Waals surface area contributed by atoms with Crippen LogP contribution in [0.15, 0.2) is 12.4 Å². The van der Waals surface area contributed by atoms with Crippen molar-refractivity contribution in [1.82, 2.24) is 0 Å². The van der Waals surface area contributed by atoms with Crippen molar-refractivity contribution in [3.05, 3.63) is 12.4 Å². The van der Waals surface area contributed by atoms with Gasteiger partial charge >= 0.3 is 0 Å². The highest BCUT2D eigenvalue weighted by Crippen LogP contribution is 1.93. The van der Waals surface area contributed by atoms with Gasteiger partial charge < -0.3 is 5.11 Å². The van der Waals surface area contributed by atoms with Gasteiger partial charge in [0, 0.05) is 6.92 Å². The Hall–Kier alpha value is -1.00. The van der Waals surface area contributed by atoms with Gasteiger partial charge in [0.2, 0.25) is 0 Å². The normalized spacial score (nSPS) is 6.67. The maximum Gasteiger partial charge on any atom is 0.300 e. The average molecular weight is 142 g/mol. The Morgan fingerprint density at radius 2 is 1.67 bits per heavy atom. The molecule has 0 fully saturated rings. The fraction of sp³-hybridized carbons (Fsp3) is 0.250. The second-order valence-electron chi connectivity index (χ2n) is 0.918. The first-order valence-corrected chi connectivity index (χ1v) is 1.81. The van der Waals surface area contributed by atoms with Crippen LogP contribution in [-0.4, -0.2) is 11.1 Å². The molecule has 0 aromatic rings. The van der Waals surface area contributed by atoms with E-state index in [4.69, 9.17) is 9.90 Å². The van der Waals surface area contributed by atoms with E-state index in [9.17, 15) is 13.2 Å². The fourth-order valence-electron chi connectivity index (χ4n) is 0. The second kappa shape index (κ2) is 7.00. The van der Waals surface area contributed by atoms with E-state index in [-0.39, 0.29) is 0 Å². The van der Waals surface area contributed by atoms with Crippen molar-refractivity contribution in [1.29, 1.82) is 0 Å². The third-order valence-electron chi connectivity index (χ3n) is 0.0825. The number of rotatable bonds is 0. The van der Waals surface area contributed by atoms with Crippen molar-refractivity contribution in [2.45, 2.75) is 6.92 Å². The van der Waals surface area contributed by atoms with Crippen molar-refractivity contribution in [3.63, 3.8) is 0 Å². The molecule has 0 unspecified atom stereocenters. The fourth-order valence-corrected chi connectivity index (χ4v) is 0. The van der Waals surface area contributed by atoms with Crippen molar-refractivity contribution < 1.29 is 23.1 Å². The van der Waals surface area contributed by atoms with E-state index in [2.05, 4.69) is 0 Å². The van der Waals surface area contributed by atoms with Gasteiger partial charge in [-0.1, -0.05) is 0 Å². The minimum atomic E-state index is -2.29. The molecule has 0 aliphatic rings. The van der Waals surface area contributed by atoms with Crippen molar-refractivity contribution in [2.75, 3.05) is 0 Å². The van der Waals surface area contributed by atoms with Crippen LogP contribution in [0.4, 0.5) is 13.2 Å². The third kappa shape index (κ3) is 175. The van der Waals surface area contributed by atoms with Crippen LogP contribution in [0.1, 0.15) is 6.92 Å². The Morgan fingerprint density at radius 1 is 1.56 bits per heavy atom. The predicted octanol–water partition coefficient (Wildman–Crippen LogP) is 1.78. The highest BCUT2D eigenvalue weighted by molar-refractivity contribution is 5.62. The van der Waals surface area contributed by atoms with E-state index in [1.165, 1.54) is 0 Å². The average Bonchev–Trinajstić information content (AvgIpc) is 1.65. The van der Waals surface area contributed by atoms with Gasteiger partial charge in [0.05, 0.1) is 0 Å². The van der Waals surface area contributed by atoms with Gasteiger partial charge in [-0.3, -0.25) is 4.79 Å². The second-order valence-corrected chi connectivity index (χ2v) is 0.918. The molecule has 0 bridgehead atoms. The number of carboxylic acids is 1. The maximum atomic E-state index is 10.2. The molecule has 0 saturated heterocycles. The molecule has 0 radical (unpaired) electrons. The minimum Gasteiger partial charge on any atom is -0.481 e. The molecule has 0 aromatic heterocycles. The molecule has 54 valence electrons. The number of hydrogen-bond acceptors (Lipinski definition) is 1. The van der Waals surface area contributed by atoms with E-state index in [1.54, 1.807) is 0 Å². The highest BCUT2D eigenvalue weighted by Gasteiger charge is 1.78. The first-order chi connectivity index (χ1) is 4.00. The van der Waals surface area contributed by atoms with Gasteiger partial charge in [-0.15, -0.1) is 0 Å². The zero-order valence-electron chi connectivity index (χ0n) is 4.57. The summed E-state index contributed by atoms with van der Waals surface area (Å²) < 4.78 is 30.7. The summed E-state index contributed by atoms with van der Waals surface area (Å²) in [4.78, 5) is 9.00. The molecule has 0 aliphatic heterocycles. The lowest BCUT2D eigenvalue weighted by atomic mass is 10.9. The Bertz CT molecular complexity index is 102. The standard InChI is InChI=1S/C2HF3.C2H4O2/c3-1-2(4)5;1-2(3)4/h1H;1H3,(H,3,4). The summed E-state index contributed by atoms with van der Waals surface area (Å²) in [7, 11) is 0. The highest BCUT2D eigenvalue weighted by atomic mass is 19.3. The molecule has 0 aliphatic carbocycles. The Morgan fingerprint density at radius 3 is 1.67 bits per heavy atom. The van der Waals surface area contributed by atoms with Crippen LogP contribution in [0.2, 0.25) is 0 Å². The van der Waals surface area contributed by atoms with Crippen molar-refractivity contribution in [3.8, 4) is 0 Å². The van der Waals surface area contributed by atoms with Gasteiger partial charge in [-0.2, -0.15) is 8.78 Å². The SMILES string of the molecule is CC(=O)O.FC=C(F)F. The quantitative estimate of drug-likeness (QED) is 0.559. The largest absolute Gasteiger partial charge is 0.481 e. The molecule has 5 heteroatoms. The van der Waals surface area contributed by atoms with E-state index >= 15 is 0 Å². The molecule has 1 N–H and O–H groups in total. The molecule has 0 aromatic carbocycles. The summed E-state index contributed by atoms with van der Waals surface area (Å²) in [5.74, 6) is -0.833. The zero-order valence-corrected chi connectivity index (χ0v) is 4.57. The van der Waals surface area contributed by atoms with Crippen LogP contribution < -0.4 is 0 Å². The molecule has 0 amide bonds. The van der Waals surface area contributed by atoms with Gasteiger partial charge in [-0.05, 0) is 0 Å². The summed E-state index contributed by atoms with van der Waals surface area (Å²) in [6.45, 7) is 1.08. The molecule has 0 saturated carbocycles. The van der Waals surface area contributed by atoms with Crippen LogP contribution in [0.25, 0.3) is 0 Å². The van der Waals surface area contributed by atoms with Gasteiger partial charge in [0.1, 0.15) is 0 Å². The lowest BCUT2D eigenvalue weighted by Crippen LogP contribution is -1.78. The van der Waals surface area contributed by atoms with E-state index in [0.717, 1.165) is 6.92 Å². The van der Waals surface area contributed by atoms with Crippen LogP contribution in [-0.2, 0) is 4.79 Å². The summed E-state index contributed by atoms with van der Waals surface area (Å²) in [5.41, 5.74) is 0. The minimum absolute atomic E-state index is 0.750. The van der Waals surface area contributed by atoms with Crippen LogP contribution >= 0.6 is 0 Å². The molecule has 0 atom stereocenters. The monoisotopic (exact) mass is 142 g/mol. The smallest absolute Gasteiger partial charge is 0.300 e. The Labute approximate surface area is 49.6 Å². The van der Waals surface area contributed by atoms with Gasteiger partial charge in [0.25, 0.3) is 12.0 Å². The number of carboxylic acid groups (broad SMARTS) is 1. The topological polar surface area (TPSA) is 37.3 Å². The van der Waals surface area contributed by atoms with Crippen LogP contribution in [0.5, 0.6) is 0 Å². The summed E-state index contributed by atoms with van der Waals surface area (Å²) in [5, 5.41) is 7.42. The van der Waals surface area contributed by atoms with E-state index in [0.29, 0.717) is 0 Å². The van der Waals surface area contributed by atoms with E-state index in [1.807, 2.05) is 0 Å². The third-order valence-corrected chi connectivity index (χ3v) is 0.0825. The Kier molecular flexibility index (Phi) is 8.47. The summed E-state index contributed by atoms with van der Waals surface area (Å²) >= 11 is 0. The van der Waals surface area contributed by atoms with Crippen molar-refractivity contribution >= 4 is 5.97 Å². The number of carbonyl (C=O) groups is 1. The molecule has 0 heterocycles.